The molecular weight excluding hydrogens is 374 g/mol. The molecule has 2 rings (SSSR count). The van der Waals surface area contributed by atoms with E-state index >= 15 is 0 Å². The average Bonchev–Trinajstić information content (AvgIpc) is 2.56. The van der Waals surface area contributed by atoms with Crippen molar-refractivity contribution in [1.82, 2.24) is 9.62 Å². The van der Waals surface area contributed by atoms with Crippen LogP contribution in [-0.4, -0.2) is 43.3 Å². The molecule has 1 unspecified atom stereocenters. The molecule has 0 saturated carbocycles. The molecule has 1 atom stereocenters. The first-order valence-electron chi connectivity index (χ1n) is 8.86. The summed E-state index contributed by atoms with van der Waals surface area (Å²) in [5.41, 5.74) is 5.97. The maximum absolute atomic E-state index is 12.5. The minimum Gasteiger partial charge on any atom is -0.352 e. The molecule has 8 heteroatoms. The summed E-state index contributed by atoms with van der Waals surface area (Å²) in [5.74, 6) is -0.137. The number of carbonyl (C=O) groups excluding carboxylic acids is 1. The average molecular weight is 404 g/mol. The number of sulfonamides is 1. The zero-order chi connectivity index (χ0) is 18.5. The summed E-state index contributed by atoms with van der Waals surface area (Å²) in [4.78, 5) is 12.3. The van der Waals surface area contributed by atoms with Crippen LogP contribution >= 0.6 is 12.4 Å². The maximum atomic E-state index is 12.5. The van der Waals surface area contributed by atoms with Crippen molar-refractivity contribution in [2.45, 2.75) is 56.9 Å². The number of nitrogens with two attached hydrogens (primary N) is 1. The zero-order valence-corrected chi connectivity index (χ0v) is 17.1. The molecule has 1 aromatic carbocycles. The van der Waals surface area contributed by atoms with Gasteiger partial charge < -0.3 is 11.1 Å². The Bertz CT molecular complexity index is 672. The second kappa shape index (κ2) is 9.69. The van der Waals surface area contributed by atoms with E-state index in [2.05, 4.69) is 5.32 Å². The molecule has 0 aromatic heterocycles. The highest BCUT2D eigenvalue weighted by molar-refractivity contribution is 7.88. The van der Waals surface area contributed by atoms with Gasteiger partial charge in [0.05, 0.1) is 11.3 Å². The number of amides is 1. The van der Waals surface area contributed by atoms with Crippen LogP contribution in [0.5, 0.6) is 0 Å². The highest BCUT2D eigenvalue weighted by atomic mass is 35.5. The molecule has 0 spiro atoms. The van der Waals surface area contributed by atoms with Crippen LogP contribution < -0.4 is 11.1 Å². The van der Waals surface area contributed by atoms with Crippen LogP contribution in [0.25, 0.3) is 0 Å². The summed E-state index contributed by atoms with van der Waals surface area (Å²) in [6.07, 6.45) is 2.70. The molecule has 3 N–H and O–H groups in total. The second-order valence-corrected chi connectivity index (χ2v) is 9.02. The number of nitrogens with zero attached hydrogens (tertiary/aromatic N) is 1. The molecule has 1 aliphatic heterocycles. The van der Waals surface area contributed by atoms with Crippen molar-refractivity contribution >= 4 is 28.3 Å². The number of piperidine rings is 1. The lowest BCUT2D eigenvalue weighted by Crippen LogP contribution is -2.56. The first-order valence-corrected chi connectivity index (χ1v) is 10.5. The Kier molecular flexibility index (Phi) is 8.53. The van der Waals surface area contributed by atoms with Gasteiger partial charge in [-0.1, -0.05) is 43.7 Å². The fraction of sp³-hybridized carbons (Fsp3) is 0.611. The zero-order valence-electron chi connectivity index (χ0n) is 15.5. The van der Waals surface area contributed by atoms with Gasteiger partial charge in [-0.05, 0) is 31.7 Å². The van der Waals surface area contributed by atoms with Crippen LogP contribution in [0.3, 0.4) is 0 Å². The normalized spacial score (nSPS) is 18.6. The van der Waals surface area contributed by atoms with Crippen LogP contribution in [0.2, 0.25) is 0 Å². The smallest absolute Gasteiger partial charge is 0.240 e. The third-order valence-corrected chi connectivity index (χ3v) is 6.51. The van der Waals surface area contributed by atoms with Gasteiger partial charge in [-0.15, -0.1) is 12.4 Å². The van der Waals surface area contributed by atoms with Gasteiger partial charge in [-0.3, -0.25) is 4.79 Å². The number of hydrogen-bond donors (Lipinski definition) is 2. The van der Waals surface area contributed by atoms with E-state index in [4.69, 9.17) is 5.73 Å². The molecule has 1 fully saturated rings. The van der Waals surface area contributed by atoms with Crippen LogP contribution in [-0.2, 0) is 20.6 Å². The summed E-state index contributed by atoms with van der Waals surface area (Å²) in [7, 11) is -3.33. The Morgan fingerprint density at radius 1 is 1.27 bits per heavy atom. The fourth-order valence-corrected chi connectivity index (χ4v) is 4.70. The number of rotatable bonds is 7. The predicted octanol–water partition coefficient (Wildman–Crippen LogP) is 2.04. The minimum absolute atomic E-state index is 0. The number of halogens is 1. The third kappa shape index (κ3) is 6.23. The summed E-state index contributed by atoms with van der Waals surface area (Å²) in [5, 5.41) is 2.98. The van der Waals surface area contributed by atoms with Gasteiger partial charge in [0.1, 0.15) is 0 Å². The summed E-state index contributed by atoms with van der Waals surface area (Å²) in [6.45, 7) is 4.59. The van der Waals surface area contributed by atoms with Crippen molar-refractivity contribution in [3.8, 4) is 0 Å². The molecule has 0 aliphatic carbocycles. The van der Waals surface area contributed by atoms with E-state index < -0.39 is 15.6 Å². The highest BCUT2D eigenvalue weighted by Gasteiger charge is 2.32. The lowest BCUT2D eigenvalue weighted by Gasteiger charge is -2.33. The Balaban J connectivity index is 0.00000338. The minimum atomic E-state index is -3.33. The first kappa shape index (κ1) is 22.9. The molecule has 0 radical (unpaired) electrons. The van der Waals surface area contributed by atoms with E-state index in [9.17, 15) is 13.2 Å². The van der Waals surface area contributed by atoms with Crippen molar-refractivity contribution in [3.05, 3.63) is 35.9 Å². The van der Waals surface area contributed by atoms with Gasteiger partial charge in [-0.25, -0.2) is 12.7 Å². The molecule has 6 nitrogen and oxygen atoms in total. The first-order chi connectivity index (χ1) is 11.7. The number of nitrogens with one attached hydrogen (secondary N) is 1. The van der Waals surface area contributed by atoms with Gasteiger partial charge in [0.2, 0.25) is 15.9 Å². The molecule has 1 aromatic rings. The van der Waals surface area contributed by atoms with E-state index in [1.165, 1.54) is 4.31 Å². The van der Waals surface area contributed by atoms with E-state index in [0.29, 0.717) is 32.4 Å². The van der Waals surface area contributed by atoms with Gasteiger partial charge in [0, 0.05) is 19.1 Å². The standard InChI is InChI=1S/C18H29N3O3S.ClH/c1-3-11-18(2,19)17(22)20-16-9-12-21(13-10-16)25(23,24)14-15-7-5-4-6-8-15;/h4-8,16H,3,9-14,19H2,1-2H3,(H,20,22);1H. The SMILES string of the molecule is CCCC(C)(N)C(=O)NC1CCN(S(=O)(=O)Cc2ccccc2)CC1.Cl. The van der Waals surface area contributed by atoms with Crippen molar-refractivity contribution < 1.29 is 13.2 Å². The van der Waals surface area contributed by atoms with Crippen LogP contribution in [0.1, 0.15) is 45.1 Å². The van der Waals surface area contributed by atoms with E-state index in [1.807, 2.05) is 37.3 Å². The Morgan fingerprint density at radius 2 is 1.85 bits per heavy atom. The van der Waals surface area contributed by atoms with Crippen molar-refractivity contribution in [2.75, 3.05) is 13.1 Å². The molecule has 1 amide bonds. The lowest BCUT2D eigenvalue weighted by atomic mass is 9.95. The monoisotopic (exact) mass is 403 g/mol. The molecule has 26 heavy (non-hydrogen) atoms. The Hall–Kier alpha value is -1.15. The quantitative estimate of drug-likeness (QED) is 0.728. The Labute approximate surface area is 163 Å². The van der Waals surface area contributed by atoms with E-state index in [0.717, 1.165) is 12.0 Å². The number of hydrogen-bond acceptors (Lipinski definition) is 4. The van der Waals surface area contributed by atoms with Gasteiger partial charge >= 0.3 is 0 Å². The molecule has 1 aliphatic rings. The predicted molar refractivity (Wildman–Crippen MR) is 107 cm³/mol. The highest BCUT2D eigenvalue weighted by Crippen LogP contribution is 2.18. The lowest BCUT2D eigenvalue weighted by molar-refractivity contribution is -0.127. The number of carbonyl (C=O) groups is 1. The molecule has 1 heterocycles. The topological polar surface area (TPSA) is 92.5 Å². The van der Waals surface area contributed by atoms with E-state index in [-0.39, 0.29) is 30.1 Å². The summed E-state index contributed by atoms with van der Waals surface area (Å²) in [6, 6.07) is 9.17. The van der Waals surface area contributed by atoms with Crippen molar-refractivity contribution in [3.63, 3.8) is 0 Å². The van der Waals surface area contributed by atoms with Crippen LogP contribution in [0.4, 0.5) is 0 Å². The molecule has 1 saturated heterocycles. The van der Waals surface area contributed by atoms with Crippen molar-refractivity contribution in [1.29, 1.82) is 0 Å². The molecule has 148 valence electrons. The largest absolute Gasteiger partial charge is 0.352 e. The van der Waals surface area contributed by atoms with Crippen molar-refractivity contribution in [2.24, 2.45) is 5.73 Å². The Morgan fingerprint density at radius 3 is 2.38 bits per heavy atom. The van der Waals surface area contributed by atoms with Crippen LogP contribution in [0, 0.1) is 0 Å². The summed E-state index contributed by atoms with van der Waals surface area (Å²) >= 11 is 0. The molecular formula is C18H30ClN3O3S. The van der Waals surface area contributed by atoms with Gasteiger partial charge in [0.15, 0.2) is 0 Å². The third-order valence-electron chi connectivity index (χ3n) is 4.66. The second-order valence-electron chi connectivity index (χ2n) is 7.06. The van der Waals surface area contributed by atoms with E-state index in [1.54, 1.807) is 6.92 Å². The fourth-order valence-electron chi connectivity index (χ4n) is 3.14. The number of benzene rings is 1. The van der Waals surface area contributed by atoms with Gasteiger partial charge in [-0.2, -0.15) is 0 Å². The summed E-state index contributed by atoms with van der Waals surface area (Å²) < 4.78 is 26.6. The maximum Gasteiger partial charge on any atom is 0.240 e. The van der Waals surface area contributed by atoms with Gasteiger partial charge in [0.25, 0.3) is 0 Å². The molecule has 0 bridgehead atoms. The van der Waals surface area contributed by atoms with Crippen LogP contribution in [0.15, 0.2) is 30.3 Å².